The van der Waals surface area contributed by atoms with Crippen LogP contribution in [0.4, 0.5) is 13.2 Å². The van der Waals surface area contributed by atoms with Crippen molar-refractivity contribution >= 4 is 12.0 Å². The number of carbonyl (C=O) groups is 1. The van der Waals surface area contributed by atoms with Crippen LogP contribution in [-0.4, -0.2) is 85.0 Å². The summed E-state index contributed by atoms with van der Waals surface area (Å²) in [5.74, 6) is -0.918. The smallest absolute Gasteiger partial charge is 0.400 e. The van der Waals surface area contributed by atoms with Gasteiger partial charge in [0.25, 0.3) is 5.91 Å². The number of alkyl halides is 3. The van der Waals surface area contributed by atoms with E-state index in [1.165, 1.54) is 25.0 Å². The van der Waals surface area contributed by atoms with E-state index < -0.39 is 29.9 Å². The molecule has 2 N–H and O–H groups in total. The number of nitrogens with zero attached hydrogens (tertiary/aromatic N) is 2. The number of halogens is 3. The van der Waals surface area contributed by atoms with E-state index in [-0.39, 0.29) is 11.5 Å². The van der Waals surface area contributed by atoms with Crippen LogP contribution in [0.1, 0.15) is 50.5 Å². The Labute approximate surface area is 250 Å². The van der Waals surface area contributed by atoms with Crippen LogP contribution in [0, 0.1) is 17.3 Å². The molecule has 2 heterocycles. The number of hydrogen-bond donors (Lipinski definition) is 2. The van der Waals surface area contributed by atoms with Crippen molar-refractivity contribution in [3.8, 4) is 0 Å². The first-order valence-corrected chi connectivity index (χ1v) is 15.5. The highest BCUT2D eigenvalue weighted by molar-refractivity contribution is 5.96. The standard InChI is InChI=1S/C33H40F3N3O4/c1-38(2)24-18-32(41,37-30(40)26(43-33(34,35)36)16-20-8-5-4-6-9-20)29-28-22(24)17-25-23-10-7-11-27(42-29)31(23,28)14-15-39(25,3)19-21-12-13-21/h4-6,8-9,16,18,21,23,25,27,29,41H,7,10-15,17,19H2,1-3H3/p+1/t23-,25+,27-,29?,31+,32?,39?/m0/s1. The second kappa shape index (κ2) is 9.84. The number of benzene rings is 1. The number of likely N-dealkylation sites (N-methyl/N-ethyl adjacent to an activating group) is 1. The number of carbonyl (C=O) groups excluding carboxylic acids is 1. The Hall–Kier alpha value is -2.82. The molecule has 1 aromatic carbocycles. The Morgan fingerprint density at radius 1 is 1.21 bits per heavy atom. The summed E-state index contributed by atoms with van der Waals surface area (Å²) in [6.07, 6.45) is 3.96. The second-order valence-electron chi connectivity index (χ2n) is 14.0. The summed E-state index contributed by atoms with van der Waals surface area (Å²) in [5, 5.41) is 14.8. The summed E-state index contributed by atoms with van der Waals surface area (Å²) in [6.45, 7) is 2.24. The molecule has 1 aromatic rings. The summed E-state index contributed by atoms with van der Waals surface area (Å²) < 4.78 is 52.4. The van der Waals surface area contributed by atoms with Crippen molar-refractivity contribution < 1.29 is 37.0 Å². The van der Waals surface area contributed by atoms with Crippen molar-refractivity contribution in [1.82, 2.24) is 10.2 Å². The van der Waals surface area contributed by atoms with Crippen LogP contribution < -0.4 is 5.32 Å². The molecule has 2 aliphatic heterocycles. The van der Waals surface area contributed by atoms with E-state index in [1.54, 1.807) is 36.4 Å². The molecule has 10 heteroatoms. The lowest BCUT2D eigenvalue weighted by Crippen LogP contribution is -2.69. The average molecular weight is 601 g/mol. The van der Waals surface area contributed by atoms with Crippen LogP contribution in [0.25, 0.3) is 6.08 Å². The van der Waals surface area contributed by atoms with Crippen LogP contribution in [0.3, 0.4) is 0 Å². The van der Waals surface area contributed by atoms with Gasteiger partial charge in [-0.25, -0.2) is 0 Å². The minimum absolute atomic E-state index is 0.108. The van der Waals surface area contributed by atoms with Crippen molar-refractivity contribution in [2.45, 2.75) is 75.3 Å². The summed E-state index contributed by atoms with van der Waals surface area (Å²) >= 11 is 0. The summed E-state index contributed by atoms with van der Waals surface area (Å²) in [5.41, 5.74) is 1.06. The third kappa shape index (κ3) is 4.71. The Bertz CT molecular complexity index is 1400. The Morgan fingerprint density at radius 3 is 2.63 bits per heavy atom. The maximum absolute atomic E-state index is 13.6. The fourth-order valence-corrected chi connectivity index (χ4v) is 9.26. The monoisotopic (exact) mass is 600 g/mol. The summed E-state index contributed by atoms with van der Waals surface area (Å²) in [6, 6.07) is 8.63. The number of piperidine rings is 1. The molecule has 6 aliphatic rings. The number of amides is 1. The van der Waals surface area contributed by atoms with Gasteiger partial charge in [0.1, 0.15) is 6.10 Å². The van der Waals surface area contributed by atoms with Crippen molar-refractivity contribution in [2.75, 3.05) is 34.2 Å². The molecule has 7 nitrogen and oxygen atoms in total. The molecule has 2 saturated carbocycles. The molecule has 232 valence electrons. The largest absolute Gasteiger partial charge is 0.573 e. The van der Waals surface area contributed by atoms with Gasteiger partial charge in [-0.15, -0.1) is 13.2 Å². The van der Waals surface area contributed by atoms with E-state index in [1.807, 2.05) is 19.0 Å². The highest BCUT2D eigenvalue weighted by Crippen LogP contribution is 2.68. The van der Waals surface area contributed by atoms with Gasteiger partial charge < -0.3 is 29.3 Å². The number of allylic oxidation sites excluding steroid dienone is 1. The van der Waals surface area contributed by atoms with Gasteiger partial charge in [0.05, 0.1) is 32.3 Å². The van der Waals surface area contributed by atoms with Gasteiger partial charge in [0.15, 0.2) is 11.5 Å². The number of ether oxygens (including phenoxy) is 2. The molecule has 1 spiro atoms. The zero-order valence-electron chi connectivity index (χ0n) is 25.0. The number of hydrogen-bond acceptors (Lipinski definition) is 5. The number of quaternary nitrogens is 1. The van der Waals surface area contributed by atoms with Gasteiger partial charge >= 0.3 is 6.36 Å². The molecule has 0 aromatic heterocycles. The van der Waals surface area contributed by atoms with Gasteiger partial charge in [-0.1, -0.05) is 36.8 Å². The molecule has 7 rings (SSSR count). The van der Waals surface area contributed by atoms with E-state index in [2.05, 4.69) is 17.1 Å². The first-order valence-electron chi connectivity index (χ1n) is 15.5. The van der Waals surface area contributed by atoms with Gasteiger partial charge in [-0.3, -0.25) is 4.79 Å². The third-order valence-corrected chi connectivity index (χ3v) is 11.1. The lowest BCUT2D eigenvalue weighted by Gasteiger charge is -2.62. The van der Waals surface area contributed by atoms with Gasteiger partial charge in [-0.2, -0.15) is 0 Å². The van der Waals surface area contributed by atoms with Gasteiger partial charge in [0.2, 0.25) is 0 Å². The minimum atomic E-state index is -5.09. The topological polar surface area (TPSA) is 71.0 Å². The molecule has 1 amide bonds. The zero-order chi connectivity index (χ0) is 30.4. The van der Waals surface area contributed by atoms with Gasteiger partial charge in [-0.05, 0) is 54.5 Å². The first kappa shape index (κ1) is 28.9. The van der Waals surface area contributed by atoms with Crippen LogP contribution in [-0.2, 0) is 14.3 Å². The van der Waals surface area contributed by atoms with Crippen LogP contribution in [0.2, 0.25) is 0 Å². The van der Waals surface area contributed by atoms with E-state index >= 15 is 0 Å². The van der Waals surface area contributed by atoms with Crippen molar-refractivity contribution in [1.29, 1.82) is 0 Å². The quantitative estimate of drug-likeness (QED) is 0.205. The number of likely N-dealkylation sites (tertiary alicyclic amines) is 1. The summed E-state index contributed by atoms with van der Waals surface area (Å²) in [7, 11) is 6.24. The fourth-order valence-electron chi connectivity index (χ4n) is 9.26. The average Bonchev–Trinajstić information content (AvgIpc) is 3.68. The predicted molar refractivity (Wildman–Crippen MR) is 154 cm³/mol. The normalized spacial score (nSPS) is 38.3. The van der Waals surface area contributed by atoms with Crippen LogP contribution in [0.5, 0.6) is 0 Å². The Morgan fingerprint density at radius 2 is 1.95 bits per heavy atom. The van der Waals surface area contributed by atoms with Crippen LogP contribution in [0.15, 0.2) is 59.0 Å². The van der Waals surface area contributed by atoms with E-state index in [4.69, 9.17) is 4.74 Å². The maximum atomic E-state index is 13.6. The zero-order valence-corrected chi connectivity index (χ0v) is 25.0. The lowest BCUT2D eigenvalue weighted by atomic mass is 9.49. The molecule has 7 atom stereocenters. The SMILES string of the molecule is CN(C)C1=CC(O)(NC(=O)C(=Cc2ccccc2)OC(F)(F)F)C2O[C@H]3CCC[C@H]4[C@H]5CC1=C2[C@@]34CC[N+]5(C)CC1CC1. The molecule has 3 unspecified atom stereocenters. The van der Waals surface area contributed by atoms with Crippen molar-refractivity contribution in [3.05, 3.63) is 64.6 Å². The van der Waals surface area contributed by atoms with E-state index in [9.17, 15) is 23.1 Å². The Balaban J connectivity index is 1.29. The molecule has 2 bridgehead atoms. The third-order valence-electron chi connectivity index (χ3n) is 11.1. The highest BCUT2D eigenvalue weighted by atomic mass is 19.4. The molecule has 2 saturated heterocycles. The molecular formula is C33H41F3N3O4+. The highest BCUT2D eigenvalue weighted by Gasteiger charge is 2.71. The minimum Gasteiger partial charge on any atom is -0.400 e. The van der Waals surface area contributed by atoms with Crippen LogP contribution >= 0.6 is 0 Å². The van der Waals surface area contributed by atoms with Crippen molar-refractivity contribution in [3.63, 3.8) is 0 Å². The molecule has 4 aliphatic carbocycles. The summed E-state index contributed by atoms with van der Waals surface area (Å²) in [4.78, 5) is 15.5. The molecule has 43 heavy (non-hydrogen) atoms. The molecule has 4 fully saturated rings. The van der Waals surface area contributed by atoms with Gasteiger partial charge in [0, 0.05) is 49.9 Å². The van der Waals surface area contributed by atoms with E-state index in [0.29, 0.717) is 17.5 Å². The van der Waals surface area contributed by atoms with E-state index in [0.717, 1.165) is 66.4 Å². The van der Waals surface area contributed by atoms with Crippen molar-refractivity contribution in [2.24, 2.45) is 17.3 Å². The Kier molecular flexibility index (Phi) is 6.62. The predicted octanol–water partition coefficient (Wildman–Crippen LogP) is 4.71. The number of rotatable bonds is 7. The maximum Gasteiger partial charge on any atom is 0.573 e. The molecular weight excluding hydrogens is 559 g/mol. The molecule has 0 radical (unpaired) electrons. The lowest BCUT2D eigenvalue weighted by molar-refractivity contribution is -0.947. The first-order chi connectivity index (χ1) is 20.3. The second-order valence-corrected chi connectivity index (χ2v) is 14.0. The number of nitrogens with one attached hydrogen (secondary N) is 1. The number of aliphatic hydroxyl groups is 1. The fraction of sp³-hybridized carbons (Fsp3) is 0.606.